The first-order chi connectivity index (χ1) is 9.04. The van der Waals surface area contributed by atoms with E-state index in [0.717, 1.165) is 29.5 Å². The zero-order valence-corrected chi connectivity index (χ0v) is 12.1. The van der Waals surface area contributed by atoms with Gasteiger partial charge in [-0.25, -0.2) is 0 Å². The molecule has 0 spiro atoms. The van der Waals surface area contributed by atoms with Crippen LogP contribution in [-0.4, -0.2) is 17.9 Å². The summed E-state index contributed by atoms with van der Waals surface area (Å²) in [7, 11) is 0. The van der Waals surface area contributed by atoms with E-state index in [1.54, 1.807) is 0 Å². The number of benzene rings is 1. The minimum atomic E-state index is 0.235. The molecular formula is C17H23NO. The fraction of sp³-hybridized carbons (Fsp3) is 0.588. The molecule has 1 aromatic rings. The van der Waals surface area contributed by atoms with Crippen LogP contribution in [-0.2, 0) is 0 Å². The normalized spacial score (nSPS) is 29.5. The van der Waals surface area contributed by atoms with E-state index in [1.165, 1.54) is 18.4 Å². The molecule has 2 fully saturated rings. The van der Waals surface area contributed by atoms with Gasteiger partial charge in [-0.3, -0.25) is 4.79 Å². The highest BCUT2D eigenvalue weighted by Crippen LogP contribution is 2.34. The van der Waals surface area contributed by atoms with Gasteiger partial charge < -0.3 is 5.32 Å². The van der Waals surface area contributed by atoms with Gasteiger partial charge in [0.05, 0.1) is 0 Å². The molecule has 2 heteroatoms. The molecule has 2 nitrogen and oxygen atoms in total. The van der Waals surface area contributed by atoms with Gasteiger partial charge >= 0.3 is 0 Å². The van der Waals surface area contributed by atoms with Crippen molar-refractivity contribution >= 4 is 5.78 Å². The highest BCUT2D eigenvalue weighted by molar-refractivity contribution is 6.00. The Labute approximate surface area is 115 Å². The second-order valence-electron chi connectivity index (χ2n) is 6.44. The first kappa shape index (κ1) is 12.9. The molecular weight excluding hydrogens is 234 g/mol. The number of rotatable bonds is 2. The number of carbonyl (C=O) groups excluding carboxylic acids is 1. The Bertz CT molecular complexity index is 485. The van der Waals surface area contributed by atoms with Crippen molar-refractivity contribution in [3.05, 3.63) is 34.4 Å². The molecule has 2 saturated heterocycles. The Kier molecular flexibility index (Phi) is 3.22. The average Bonchev–Trinajstić information content (AvgIpc) is 2.66. The van der Waals surface area contributed by atoms with Gasteiger partial charge in [0.25, 0.3) is 0 Å². The number of ketones is 1. The molecule has 2 unspecified atom stereocenters. The first-order valence-corrected chi connectivity index (χ1v) is 7.42. The quantitative estimate of drug-likeness (QED) is 0.823. The maximum atomic E-state index is 12.8. The third kappa shape index (κ3) is 2.34. The summed E-state index contributed by atoms with van der Waals surface area (Å²) < 4.78 is 0. The van der Waals surface area contributed by atoms with Crippen LogP contribution in [0.3, 0.4) is 0 Å². The van der Waals surface area contributed by atoms with Crippen LogP contribution in [0.25, 0.3) is 0 Å². The number of nitrogens with one attached hydrogen (secondary N) is 1. The van der Waals surface area contributed by atoms with Gasteiger partial charge in [-0.15, -0.1) is 0 Å². The molecule has 0 saturated carbocycles. The van der Waals surface area contributed by atoms with E-state index in [1.807, 2.05) is 0 Å². The highest BCUT2D eigenvalue weighted by atomic mass is 16.1. The van der Waals surface area contributed by atoms with E-state index in [-0.39, 0.29) is 5.92 Å². The summed E-state index contributed by atoms with van der Waals surface area (Å²) in [6.07, 6.45) is 4.56. The Balaban J connectivity index is 1.88. The summed E-state index contributed by atoms with van der Waals surface area (Å²) in [5.41, 5.74) is 4.52. The molecule has 2 heterocycles. The smallest absolute Gasteiger partial charge is 0.166 e. The zero-order chi connectivity index (χ0) is 13.6. The van der Waals surface area contributed by atoms with Crippen LogP contribution >= 0.6 is 0 Å². The number of aryl methyl sites for hydroxylation is 3. The number of hydrogen-bond acceptors (Lipinski definition) is 2. The van der Waals surface area contributed by atoms with Gasteiger partial charge in [0.2, 0.25) is 0 Å². The Morgan fingerprint density at radius 3 is 2.11 bits per heavy atom. The number of hydrogen-bond donors (Lipinski definition) is 1. The molecule has 19 heavy (non-hydrogen) atoms. The maximum Gasteiger partial charge on any atom is 0.166 e. The van der Waals surface area contributed by atoms with E-state index in [9.17, 15) is 4.79 Å². The fourth-order valence-electron chi connectivity index (χ4n) is 4.04. The van der Waals surface area contributed by atoms with Crippen LogP contribution in [0.1, 0.15) is 52.7 Å². The Morgan fingerprint density at radius 2 is 1.58 bits per heavy atom. The van der Waals surface area contributed by atoms with Crippen molar-refractivity contribution in [1.29, 1.82) is 0 Å². The topological polar surface area (TPSA) is 29.1 Å². The summed E-state index contributed by atoms with van der Waals surface area (Å²) in [6.45, 7) is 6.24. The van der Waals surface area contributed by atoms with Crippen LogP contribution < -0.4 is 5.32 Å². The second kappa shape index (κ2) is 4.75. The van der Waals surface area contributed by atoms with Crippen molar-refractivity contribution in [3.63, 3.8) is 0 Å². The fourth-order valence-corrected chi connectivity index (χ4v) is 4.04. The van der Waals surface area contributed by atoms with Gasteiger partial charge in [0, 0.05) is 23.6 Å². The number of carbonyl (C=O) groups is 1. The van der Waals surface area contributed by atoms with Crippen LogP contribution in [0, 0.1) is 26.7 Å². The average molecular weight is 257 g/mol. The van der Waals surface area contributed by atoms with E-state index in [4.69, 9.17) is 0 Å². The monoisotopic (exact) mass is 257 g/mol. The molecule has 0 aliphatic carbocycles. The number of Topliss-reactive ketones (excluding diaryl/α,β-unsaturated/α-hetero) is 1. The molecule has 0 radical (unpaired) electrons. The first-order valence-electron chi connectivity index (χ1n) is 7.42. The lowest BCUT2D eigenvalue weighted by atomic mass is 9.83. The predicted octanol–water partition coefficient (Wildman–Crippen LogP) is 3.33. The van der Waals surface area contributed by atoms with Crippen LogP contribution in [0.4, 0.5) is 0 Å². The summed E-state index contributed by atoms with van der Waals surface area (Å²) >= 11 is 0. The molecule has 2 atom stereocenters. The minimum Gasteiger partial charge on any atom is -0.311 e. The second-order valence-corrected chi connectivity index (χ2v) is 6.44. The molecule has 1 N–H and O–H groups in total. The molecule has 3 rings (SSSR count). The van der Waals surface area contributed by atoms with E-state index < -0.39 is 0 Å². The predicted molar refractivity (Wildman–Crippen MR) is 77.7 cm³/mol. The van der Waals surface area contributed by atoms with Crippen LogP contribution in [0.5, 0.6) is 0 Å². The number of piperidine rings is 1. The summed E-state index contributed by atoms with van der Waals surface area (Å²) in [5, 5.41) is 3.61. The standard InChI is InChI=1S/C17H23NO/c1-10-6-11(2)16(12(3)7-10)17(19)13-8-14-4-5-15(9-13)18-14/h6-7,13-15,18H,4-5,8-9H2,1-3H3. The minimum absolute atomic E-state index is 0.235. The van der Waals surface area contributed by atoms with Crippen molar-refractivity contribution in [2.24, 2.45) is 5.92 Å². The van der Waals surface area contributed by atoms with Crippen molar-refractivity contribution in [2.45, 2.75) is 58.5 Å². The lowest BCUT2D eigenvalue weighted by Crippen LogP contribution is -2.40. The number of fused-ring (bicyclic) bond motifs is 2. The van der Waals surface area contributed by atoms with Gasteiger partial charge in [0.1, 0.15) is 0 Å². The van der Waals surface area contributed by atoms with Gasteiger partial charge in [-0.05, 0) is 57.6 Å². The zero-order valence-electron chi connectivity index (χ0n) is 12.1. The van der Waals surface area contributed by atoms with Gasteiger partial charge in [0.15, 0.2) is 5.78 Å². The van der Waals surface area contributed by atoms with Crippen molar-refractivity contribution in [1.82, 2.24) is 5.32 Å². The van der Waals surface area contributed by atoms with Crippen molar-refractivity contribution < 1.29 is 4.79 Å². The van der Waals surface area contributed by atoms with Gasteiger partial charge in [-0.2, -0.15) is 0 Å². The van der Waals surface area contributed by atoms with E-state index in [2.05, 4.69) is 38.2 Å². The van der Waals surface area contributed by atoms with E-state index >= 15 is 0 Å². The maximum absolute atomic E-state index is 12.8. The lowest BCUT2D eigenvalue weighted by molar-refractivity contribution is 0.0874. The van der Waals surface area contributed by atoms with Gasteiger partial charge in [-0.1, -0.05) is 17.7 Å². The lowest BCUT2D eigenvalue weighted by Gasteiger charge is -2.29. The molecule has 102 valence electrons. The Hall–Kier alpha value is -1.15. The largest absolute Gasteiger partial charge is 0.311 e. The van der Waals surface area contributed by atoms with Crippen LogP contribution in [0.2, 0.25) is 0 Å². The molecule has 0 amide bonds. The molecule has 2 aliphatic heterocycles. The molecule has 2 bridgehead atoms. The third-order valence-corrected chi connectivity index (χ3v) is 4.77. The molecule has 2 aliphatic rings. The Morgan fingerprint density at radius 1 is 1.05 bits per heavy atom. The SMILES string of the molecule is Cc1cc(C)c(C(=O)C2CC3CCC(C2)N3)c(C)c1. The summed E-state index contributed by atoms with van der Waals surface area (Å²) in [4.78, 5) is 12.8. The van der Waals surface area contributed by atoms with Crippen LogP contribution in [0.15, 0.2) is 12.1 Å². The van der Waals surface area contributed by atoms with Crippen molar-refractivity contribution in [2.75, 3.05) is 0 Å². The molecule has 1 aromatic carbocycles. The summed E-state index contributed by atoms with van der Waals surface area (Å²) in [5.74, 6) is 0.618. The summed E-state index contributed by atoms with van der Waals surface area (Å²) in [6, 6.07) is 5.43. The highest BCUT2D eigenvalue weighted by Gasteiger charge is 2.37. The van der Waals surface area contributed by atoms with E-state index in [0.29, 0.717) is 17.9 Å². The molecule has 0 aromatic heterocycles. The third-order valence-electron chi connectivity index (χ3n) is 4.77. The van der Waals surface area contributed by atoms with Crippen molar-refractivity contribution in [3.8, 4) is 0 Å².